The summed E-state index contributed by atoms with van der Waals surface area (Å²) in [7, 11) is 0. The smallest absolute Gasteiger partial charge is 0.174 e. The highest BCUT2D eigenvalue weighted by Gasteiger charge is 2.18. The van der Waals surface area contributed by atoms with Crippen LogP contribution in [0.1, 0.15) is 41.6 Å². The highest BCUT2D eigenvalue weighted by atomic mass is 32.2. The van der Waals surface area contributed by atoms with Crippen molar-refractivity contribution in [3.63, 3.8) is 0 Å². The Morgan fingerprint density at radius 2 is 2.13 bits per heavy atom. The van der Waals surface area contributed by atoms with Gasteiger partial charge >= 0.3 is 0 Å². The van der Waals surface area contributed by atoms with Gasteiger partial charge in [-0.1, -0.05) is 11.8 Å². The highest BCUT2D eigenvalue weighted by Crippen LogP contribution is 2.30. The van der Waals surface area contributed by atoms with E-state index in [-0.39, 0.29) is 5.78 Å². The zero-order chi connectivity index (χ0) is 16.6. The monoisotopic (exact) mass is 345 g/mol. The zero-order valence-corrected chi connectivity index (χ0v) is 15.3. The van der Waals surface area contributed by atoms with Crippen LogP contribution in [0.3, 0.4) is 0 Å². The molecule has 0 spiro atoms. The fraction of sp³-hybridized carbons (Fsp3) is 0.353. The summed E-state index contributed by atoms with van der Waals surface area (Å²) in [4.78, 5) is 21.2. The van der Waals surface area contributed by atoms with E-state index in [9.17, 15) is 4.79 Å². The van der Waals surface area contributed by atoms with Gasteiger partial charge in [-0.2, -0.15) is 0 Å². The Hall–Kier alpha value is -1.66. The number of hydrogen-bond acceptors (Lipinski definition) is 5. The fourth-order valence-electron chi connectivity index (χ4n) is 2.93. The summed E-state index contributed by atoms with van der Waals surface area (Å²) in [5.74, 6) is 0.546. The van der Waals surface area contributed by atoms with Crippen LogP contribution in [-0.2, 0) is 0 Å². The van der Waals surface area contributed by atoms with Crippen LogP contribution in [-0.4, -0.2) is 26.1 Å². The van der Waals surface area contributed by atoms with Crippen LogP contribution in [0.25, 0.3) is 10.2 Å². The molecule has 3 aromatic heterocycles. The molecule has 0 bridgehead atoms. The molecule has 0 radical (unpaired) electrons. The maximum absolute atomic E-state index is 12.6. The van der Waals surface area contributed by atoms with Crippen LogP contribution in [0.4, 0.5) is 0 Å². The van der Waals surface area contributed by atoms with E-state index < -0.39 is 0 Å². The van der Waals surface area contributed by atoms with E-state index in [2.05, 4.69) is 35.3 Å². The molecule has 0 aliphatic heterocycles. The lowest BCUT2D eigenvalue weighted by atomic mass is 10.2. The lowest BCUT2D eigenvalue weighted by molar-refractivity contribution is 0.102. The van der Waals surface area contributed by atoms with Crippen molar-refractivity contribution in [3.8, 4) is 0 Å². The minimum atomic E-state index is 0.151. The van der Waals surface area contributed by atoms with E-state index in [1.165, 1.54) is 11.8 Å². The summed E-state index contributed by atoms with van der Waals surface area (Å²) in [6, 6.07) is 4.33. The second-order valence-corrected chi connectivity index (χ2v) is 7.65. The van der Waals surface area contributed by atoms with Gasteiger partial charge in [0.2, 0.25) is 0 Å². The minimum Gasteiger partial charge on any atom is -0.346 e. The molecule has 6 heteroatoms. The van der Waals surface area contributed by atoms with Gasteiger partial charge in [0, 0.05) is 23.0 Å². The summed E-state index contributed by atoms with van der Waals surface area (Å²) in [5, 5.41) is 2.89. The average Bonchev–Trinajstić information content (AvgIpc) is 3.09. The Kier molecular flexibility index (Phi) is 4.55. The van der Waals surface area contributed by atoms with Crippen molar-refractivity contribution in [2.24, 2.45) is 0 Å². The maximum Gasteiger partial charge on any atom is 0.174 e. The Morgan fingerprint density at radius 1 is 1.35 bits per heavy atom. The molecular weight excluding hydrogens is 326 g/mol. The Morgan fingerprint density at radius 3 is 2.83 bits per heavy atom. The van der Waals surface area contributed by atoms with Crippen LogP contribution in [0.15, 0.2) is 28.9 Å². The standard InChI is InChI=1S/C17H19N3OS2/c1-10(2)20-11(3)7-13(12(20)4)15(21)8-23-17-16-14(5-6-22-16)18-9-19-17/h5-7,9-10H,8H2,1-4H3. The summed E-state index contributed by atoms with van der Waals surface area (Å²) >= 11 is 3.10. The molecule has 3 heterocycles. The van der Waals surface area contributed by atoms with E-state index in [0.29, 0.717) is 11.8 Å². The highest BCUT2D eigenvalue weighted by molar-refractivity contribution is 8.00. The van der Waals surface area contributed by atoms with Crippen LogP contribution in [0, 0.1) is 13.8 Å². The topological polar surface area (TPSA) is 47.8 Å². The molecule has 0 saturated carbocycles. The Bertz CT molecular complexity index is 864. The van der Waals surface area contributed by atoms with Crippen molar-refractivity contribution in [1.29, 1.82) is 0 Å². The van der Waals surface area contributed by atoms with Crippen LogP contribution < -0.4 is 0 Å². The van der Waals surface area contributed by atoms with E-state index in [1.807, 2.05) is 24.4 Å². The van der Waals surface area contributed by atoms with E-state index in [4.69, 9.17) is 0 Å². The van der Waals surface area contributed by atoms with E-state index in [0.717, 1.165) is 32.2 Å². The molecule has 23 heavy (non-hydrogen) atoms. The van der Waals surface area contributed by atoms with Gasteiger partial charge < -0.3 is 4.57 Å². The average molecular weight is 345 g/mol. The van der Waals surface area contributed by atoms with Crippen molar-refractivity contribution in [2.45, 2.75) is 38.8 Å². The third kappa shape index (κ3) is 3.05. The van der Waals surface area contributed by atoms with Gasteiger partial charge in [-0.05, 0) is 45.2 Å². The maximum atomic E-state index is 12.6. The first kappa shape index (κ1) is 16.2. The SMILES string of the molecule is Cc1cc(C(=O)CSc2ncnc3ccsc23)c(C)n1C(C)C. The van der Waals surface area contributed by atoms with Crippen molar-refractivity contribution in [3.05, 3.63) is 40.8 Å². The largest absolute Gasteiger partial charge is 0.346 e. The second kappa shape index (κ2) is 6.45. The normalized spacial score (nSPS) is 11.5. The molecule has 0 aliphatic rings. The van der Waals surface area contributed by atoms with E-state index in [1.54, 1.807) is 17.7 Å². The molecule has 4 nitrogen and oxygen atoms in total. The third-order valence-corrected chi connectivity index (χ3v) is 5.88. The van der Waals surface area contributed by atoms with Crippen molar-refractivity contribution in [1.82, 2.24) is 14.5 Å². The van der Waals surface area contributed by atoms with Crippen LogP contribution >= 0.6 is 23.1 Å². The number of thioether (sulfide) groups is 1. The van der Waals surface area contributed by atoms with Gasteiger partial charge in [-0.3, -0.25) is 4.79 Å². The molecule has 0 saturated heterocycles. The number of aromatic nitrogens is 3. The second-order valence-electron chi connectivity index (χ2n) is 5.77. The van der Waals surface area contributed by atoms with E-state index >= 15 is 0 Å². The number of aryl methyl sites for hydroxylation is 1. The molecule has 0 atom stereocenters. The molecule has 120 valence electrons. The van der Waals surface area contributed by atoms with Crippen molar-refractivity contribution < 1.29 is 4.79 Å². The molecule has 0 N–H and O–H groups in total. The number of Topliss-reactive ketones (excluding diaryl/α,β-unsaturated/α-hetero) is 1. The molecule has 0 aliphatic carbocycles. The van der Waals surface area contributed by atoms with Gasteiger partial charge in [0.25, 0.3) is 0 Å². The minimum absolute atomic E-state index is 0.151. The van der Waals surface area contributed by atoms with Crippen molar-refractivity contribution >= 4 is 39.1 Å². The summed E-state index contributed by atoms with van der Waals surface area (Å²) in [5.41, 5.74) is 3.94. The van der Waals surface area contributed by atoms with Gasteiger partial charge in [-0.15, -0.1) is 11.3 Å². The van der Waals surface area contributed by atoms with Crippen molar-refractivity contribution in [2.75, 3.05) is 5.75 Å². The predicted octanol–water partition coefficient (Wildman–Crippen LogP) is 4.67. The lowest BCUT2D eigenvalue weighted by Crippen LogP contribution is -2.08. The molecule has 0 aromatic carbocycles. The Balaban J connectivity index is 1.80. The number of fused-ring (bicyclic) bond motifs is 1. The number of carbonyl (C=O) groups is 1. The predicted molar refractivity (Wildman–Crippen MR) is 96.8 cm³/mol. The molecular formula is C17H19N3OS2. The van der Waals surface area contributed by atoms with Gasteiger partial charge in [0.1, 0.15) is 11.4 Å². The van der Waals surface area contributed by atoms with Crippen LogP contribution in [0.2, 0.25) is 0 Å². The third-order valence-electron chi connectivity index (χ3n) is 3.85. The Labute approximate surface area is 144 Å². The van der Waals surface area contributed by atoms with Gasteiger partial charge in [0.15, 0.2) is 5.78 Å². The molecule has 0 fully saturated rings. The van der Waals surface area contributed by atoms with Crippen LogP contribution in [0.5, 0.6) is 0 Å². The first-order valence-electron chi connectivity index (χ1n) is 7.51. The number of carbonyl (C=O) groups excluding carboxylic acids is 1. The number of hydrogen-bond donors (Lipinski definition) is 0. The number of rotatable bonds is 5. The summed E-state index contributed by atoms with van der Waals surface area (Å²) in [6.45, 7) is 8.35. The quantitative estimate of drug-likeness (QED) is 0.383. The molecule has 3 rings (SSSR count). The number of thiophene rings is 1. The lowest BCUT2D eigenvalue weighted by Gasteiger charge is -2.13. The fourth-order valence-corrected chi connectivity index (χ4v) is 4.76. The summed E-state index contributed by atoms with van der Waals surface area (Å²) in [6.07, 6.45) is 1.56. The zero-order valence-electron chi connectivity index (χ0n) is 13.7. The van der Waals surface area contributed by atoms with Gasteiger partial charge in [0.05, 0.1) is 16.0 Å². The van der Waals surface area contributed by atoms with Gasteiger partial charge in [-0.25, -0.2) is 9.97 Å². The first-order valence-corrected chi connectivity index (χ1v) is 9.38. The number of ketones is 1. The summed E-state index contributed by atoms with van der Waals surface area (Å²) < 4.78 is 3.26. The molecule has 0 unspecified atom stereocenters. The first-order chi connectivity index (χ1) is 11.0. The molecule has 0 amide bonds. The molecule has 3 aromatic rings. The number of nitrogens with zero attached hydrogens (tertiary/aromatic N) is 3.